The number of hydrogen-bond donors (Lipinski definition) is 2. The molecule has 8 heteroatoms. The maximum Gasteiger partial charge on any atom is 0.226 e. The standard InChI is InChI=1S/C22H23ClN6O/c1-2-30-13-7-12-24-22-27-20(26-17-9-6-8-16(23)14-17)19-15-25-29(21(19)28-22)18-10-4-3-5-11-18/h3-6,8-11,14-15H,2,7,12-13H2,1H3,(H2,24,26,27,28). The maximum atomic E-state index is 6.14. The number of hydrogen-bond acceptors (Lipinski definition) is 6. The number of halogens is 1. The lowest BCUT2D eigenvalue weighted by molar-refractivity contribution is 0.147. The minimum Gasteiger partial charge on any atom is -0.382 e. The second-order valence-electron chi connectivity index (χ2n) is 6.64. The Hall–Kier alpha value is -3.16. The van der Waals surface area contributed by atoms with Crippen molar-refractivity contribution in [1.29, 1.82) is 0 Å². The normalized spacial score (nSPS) is 11.0. The monoisotopic (exact) mass is 422 g/mol. The Bertz CT molecular complexity index is 1120. The topological polar surface area (TPSA) is 76.9 Å². The zero-order valence-corrected chi connectivity index (χ0v) is 17.4. The summed E-state index contributed by atoms with van der Waals surface area (Å²) in [7, 11) is 0. The molecule has 2 N–H and O–H groups in total. The first kappa shape index (κ1) is 20.1. The summed E-state index contributed by atoms with van der Waals surface area (Å²) < 4.78 is 7.21. The maximum absolute atomic E-state index is 6.14. The SMILES string of the molecule is CCOCCCNc1nc(Nc2cccc(Cl)c2)c2cnn(-c3ccccc3)c2n1. The van der Waals surface area contributed by atoms with Crippen LogP contribution in [0.5, 0.6) is 0 Å². The number of aromatic nitrogens is 4. The van der Waals surface area contributed by atoms with Gasteiger partial charge >= 0.3 is 0 Å². The molecule has 2 aromatic heterocycles. The highest BCUT2D eigenvalue weighted by Gasteiger charge is 2.14. The lowest BCUT2D eigenvalue weighted by Gasteiger charge is -2.11. The first-order valence-corrected chi connectivity index (χ1v) is 10.3. The number of nitrogens with one attached hydrogen (secondary N) is 2. The van der Waals surface area contributed by atoms with Crippen LogP contribution in [-0.2, 0) is 4.74 Å². The van der Waals surface area contributed by atoms with Crippen LogP contribution in [0, 0.1) is 0 Å². The van der Waals surface area contributed by atoms with Gasteiger partial charge in [-0.05, 0) is 43.7 Å². The van der Waals surface area contributed by atoms with E-state index < -0.39 is 0 Å². The van der Waals surface area contributed by atoms with Crippen molar-refractivity contribution >= 4 is 40.1 Å². The van der Waals surface area contributed by atoms with Gasteiger partial charge in [0.05, 0.1) is 17.3 Å². The van der Waals surface area contributed by atoms with E-state index in [-0.39, 0.29) is 0 Å². The van der Waals surface area contributed by atoms with E-state index in [0.717, 1.165) is 23.2 Å². The molecule has 0 radical (unpaired) electrons. The van der Waals surface area contributed by atoms with Gasteiger partial charge in [0, 0.05) is 30.5 Å². The highest BCUT2D eigenvalue weighted by molar-refractivity contribution is 6.30. The van der Waals surface area contributed by atoms with Crippen molar-refractivity contribution in [3.05, 3.63) is 65.8 Å². The summed E-state index contributed by atoms with van der Waals surface area (Å²) in [6.07, 6.45) is 2.64. The number of nitrogens with zero attached hydrogens (tertiary/aromatic N) is 4. The molecule has 0 aliphatic carbocycles. The minimum atomic E-state index is 0.529. The van der Waals surface area contributed by atoms with E-state index in [2.05, 4.69) is 20.7 Å². The smallest absolute Gasteiger partial charge is 0.226 e. The molecule has 2 aromatic carbocycles. The number of fused-ring (bicyclic) bond motifs is 1. The fraction of sp³-hybridized carbons (Fsp3) is 0.227. The number of anilines is 3. The summed E-state index contributed by atoms with van der Waals surface area (Å²) in [4.78, 5) is 9.40. The van der Waals surface area contributed by atoms with E-state index in [1.165, 1.54) is 0 Å². The number of benzene rings is 2. The Balaban J connectivity index is 1.70. The Morgan fingerprint density at radius 1 is 1.07 bits per heavy atom. The Morgan fingerprint density at radius 3 is 2.73 bits per heavy atom. The van der Waals surface area contributed by atoms with Gasteiger partial charge in [0.15, 0.2) is 5.65 Å². The fourth-order valence-electron chi connectivity index (χ4n) is 3.06. The number of rotatable bonds is 9. The quantitative estimate of drug-likeness (QED) is 0.367. The van der Waals surface area contributed by atoms with E-state index in [4.69, 9.17) is 21.3 Å². The summed E-state index contributed by atoms with van der Waals surface area (Å²) in [6, 6.07) is 17.4. The summed E-state index contributed by atoms with van der Waals surface area (Å²) in [5.41, 5.74) is 2.49. The molecule has 0 unspecified atom stereocenters. The zero-order valence-electron chi connectivity index (χ0n) is 16.7. The average Bonchev–Trinajstić information content (AvgIpc) is 3.19. The molecule has 0 atom stereocenters. The molecule has 0 saturated carbocycles. The Kier molecular flexibility index (Phi) is 6.41. The van der Waals surface area contributed by atoms with Crippen LogP contribution in [0.15, 0.2) is 60.8 Å². The highest BCUT2D eigenvalue weighted by Crippen LogP contribution is 2.27. The first-order valence-electron chi connectivity index (χ1n) is 9.90. The molecule has 4 aromatic rings. The van der Waals surface area contributed by atoms with Gasteiger partial charge in [0.25, 0.3) is 0 Å². The number of para-hydroxylation sites is 1. The van der Waals surface area contributed by atoms with Crippen molar-refractivity contribution in [3.8, 4) is 5.69 Å². The predicted molar refractivity (Wildman–Crippen MR) is 121 cm³/mol. The summed E-state index contributed by atoms with van der Waals surface area (Å²) >= 11 is 6.14. The summed E-state index contributed by atoms with van der Waals surface area (Å²) in [5, 5.41) is 12.7. The zero-order chi connectivity index (χ0) is 20.8. The van der Waals surface area contributed by atoms with E-state index >= 15 is 0 Å². The van der Waals surface area contributed by atoms with Crippen molar-refractivity contribution in [2.45, 2.75) is 13.3 Å². The van der Waals surface area contributed by atoms with E-state index in [1.54, 1.807) is 6.20 Å². The summed E-state index contributed by atoms with van der Waals surface area (Å²) in [6.45, 7) is 4.11. The Labute approximate surface area is 180 Å². The third-order valence-corrected chi connectivity index (χ3v) is 4.70. The molecule has 0 saturated heterocycles. The molecule has 0 bridgehead atoms. The Morgan fingerprint density at radius 2 is 1.93 bits per heavy atom. The lowest BCUT2D eigenvalue weighted by Crippen LogP contribution is -2.10. The molecule has 0 spiro atoms. The van der Waals surface area contributed by atoms with Crippen LogP contribution in [-0.4, -0.2) is 39.5 Å². The molecule has 0 aliphatic rings. The lowest BCUT2D eigenvalue weighted by atomic mass is 10.3. The van der Waals surface area contributed by atoms with Gasteiger partial charge in [-0.2, -0.15) is 15.1 Å². The van der Waals surface area contributed by atoms with Gasteiger partial charge in [-0.25, -0.2) is 4.68 Å². The molecule has 2 heterocycles. The van der Waals surface area contributed by atoms with Gasteiger partial charge in [-0.3, -0.25) is 0 Å². The van der Waals surface area contributed by atoms with Crippen molar-refractivity contribution in [3.63, 3.8) is 0 Å². The molecule has 30 heavy (non-hydrogen) atoms. The van der Waals surface area contributed by atoms with Crippen molar-refractivity contribution in [2.75, 3.05) is 30.4 Å². The van der Waals surface area contributed by atoms with Crippen molar-refractivity contribution in [2.24, 2.45) is 0 Å². The molecule has 4 rings (SSSR count). The molecule has 7 nitrogen and oxygen atoms in total. The minimum absolute atomic E-state index is 0.529. The van der Waals surface area contributed by atoms with E-state index in [9.17, 15) is 0 Å². The molecule has 0 amide bonds. The van der Waals surface area contributed by atoms with Crippen LogP contribution in [0.2, 0.25) is 5.02 Å². The van der Waals surface area contributed by atoms with Crippen LogP contribution in [0.1, 0.15) is 13.3 Å². The average molecular weight is 423 g/mol. The largest absolute Gasteiger partial charge is 0.382 e. The summed E-state index contributed by atoms with van der Waals surface area (Å²) in [5.74, 6) is 1.19. The van der Waals surface area contributed by atoms with Gasteiger partial charge in [-0.15, -0.1) is 0 Å². The molecular formula is C22H23ClN6O. The van der Waals surface area contributed by atoms with Crippen LogP contribution in [0.4, 0.5) is 17.5 Å². The van der Waals surface area contributed by atoms with Gasteiger partial charge < -0.3 is 15.4 Å². The third-order valence-electron chi connectivity index (χ3n) is 4.47. The van der Waals surface area contributed by atoms with Crippen LogP contribution < -0.4 is 10.6 Å². The molecular weight excluding hydrogens is 400 g/mol. The van der Waals surface area contributed by atoms with Gasteiger partial charge in [0.2, 0.25) is 5.95 Å². The number of ether oxygens (including phenoxy) is 1. The predicted octanol–water partition coefficient (Wildman–Crippen LogP) is 5.05. The van der Waals surface area contributed by atoms with Crippen molar-refractivity contribution in [1.82, 2.24) is 19.7 Å². The van der Waals surface area contributed by atoms with Crippen LogP contribution in [0.3, 0.4) is 0 Å². The first-order chi connectivity index (χ1) is 14.7. The molecule has 0 fully saturated rings. The second kappa shape index (κ2) is 9.56. The highest BCUT2D eigenvalue weighted by atomic mass is 35.5. The molecule has 154 valence electrons. The van der Waals surface area contributed by atoms with Crippen LogP contribution >= 0.6 is 11.6 Å². The third kappa shape index (κ3) is 4.69. The van der Waals surface area contributed by atoms with E-state index in [0.29, 0.717) is 42.2 Å². The second-order valence-corrected chi connectivity index (χ2v) is 7.07. The van der Waals surface area contributed by atoms with Crippen molar-refractivity contribution < 1.29 is 4.74 Å². The van der Waals surface area contributed by atoms with Gasteiger partial charge in [0.1, 0.15) is 5.82 Å². The van der Waals surface area contributed by atoms with Gasteiger partial charge in [-0.1, -0.05) is 35.9 Å². The fourth-order valence-corrected chi connectivity index (χ4v) is 3.25. The van der Waals surface area contributed by atoms with E-state index in [1.807, 2.05) is 66.2 Å². The molecule has 0 aliphatic heterocycles. The van der Waals surface area contributed by atoms with Crippen LogP contribution in [0.25, 0.3) is 16.7 Å².